The van der Waals surface area contributed by atoms with Gasteiger partial charge in [0, 0.05) is 12.1 Å². The lowest BCUT2D eigenvalue weighted by Gasteiger charge is -2.14. The summed E-state index contributed by atoms with van der Waals surface area (Å²) in [6, 6.07) is 19.2. The lowest BCUT2D eigenvalue weighted by Crippen LogP contribution is -2.13. The average molecular weight is 665 g/mol. The summed E-state index contributed by atoms with van der Waals surface area (Å²) in [5.41, 5.74) is 2.95. The van der Waals surface area contributed by atoms with Gasteiger partial charge in [-0.25, -0.2) is 13.6 Å². The van der Waals surface area contributed by atoms with Crippen molar-refractivity contribution in [1.29, 1.82) is 0 Å². The van der Waals surface area contributed by atoms with Crippen LogP contribution >= 0.6 is 0 Å². The summed E-state index contributed by atoms with van der Waals surface area (Å²) in [5, 5.41) is 0. The van der Waals surface area contributed by atoms with Gasteiger partial charge in [-0.05, 0) is 84.6 Å². The highest BCUT2D eigenvalue weighted by atomic mass is 19.1. The van der Waals surface area contributed by atoms with Gasteiger partial charge < -0.3 is 42.6 Å². The second kappa shape index (κ2) is 15.4. The summed E-state index contributed by atoms with van der Waals surface area (Å²) < 4.78 is 77.3. The minimum absolute atomic E-state index is 0.00318. The lowest BCUT2D eigenvalue weighted by atomic mass is 9.99. The highest BCUT2D eigenvalue weighted by Crippen LogP contribution is 2.32. The third kappa shape index (κ3) is 9.20. The minimum atomic E-state index is -0.822. The largest absolute Gasteiger partial charge is 0.467 e. The van der Waals surface area contributed by atoms with E-state index in [9.17, 15) is 13.6 Å². The molecular formula is C36H34F2O10. The maximum atomic E-state index is 14.7. The van der Waals surface area contributed by atoms with Gasteiger partial charge in [-0.1, -0.05) is 12.1 Å². The molecule has 0 bridgehead atoms. The molecule has 10 nitrogen and oxygen atoms in total. The van der Waals surface area contributed by atoms with Gasteiger partial charge in [0.05, 0.1) is 32.0 Å². The van der Waals surface area contributed by atoms with Crippen LogP contribution in [0.25, 0.3) is 11.1 Å². The molecule has 0 aliphatic carbocycles. The quantitative estimate of drug-likeness (QED) is 0.0415. The van der Waals surface area contributed by atoms with Crippen LogP contribution in [0.3, 0.4) is 0 Å². The first-order valence-electron chi connectivity index (χ1n) is 15.3. The Morgan fingerprint density at radius 1 is 0.667 bits per heavy atom. The monoisotopic (exact) mass is 664 g/mol. The normalized spacial score (nSPS) is 16.2. The SMILES string of the molecule is Cc1cc(-c2ccc(OCOc3ccc(OCOCC4CO4)cc3F)cc2)cc(C)c1OC(=O)c1ccc(OCOCC2CO2)cc1F. The van der Waals surface area contributed by atoms with Gasteiger partial charge in [0.1, 0.15) is 41.0 Å². The lowest BCUT2D eigenvalue weighted by molar-refractivity contribution is 0.00788. The Labute approximate surface area is 275 Å². The van der Waals surface area contributed by atoms with E-state index in [1.54, 1.807) is 18.2 Å². The van der Waals surface area contributed by atoms with Crippen molar-refractivity contribution in [3.8, 4) is 39.9 Å². The maximum Gasteiger partial charge on any atom is 0.346 e. The molecule has 48 heavy (non-hydrogen) atoms. The molecule has 0 spiro atoms. The summed E-state index contributed by atoms with van der Waals surface area (Å²) in [6.45, 7) is 5.56. The summed E-state index contributed by atoms with van der Waals surface area (Å²) in [6.07, 6.45) is 0.224. The Balaban J connectivity index is 0.987. The topological polar surface area (TPSA) is 107 Å². The summed E-state index contributed by atoms with van der Waals surface area (Å²) in [5.74, 6) is -0.743. The smallest absolute Gasteiger partial charge is 0.346 e. The fourth-order valence-corrected chi connectivity index (χ4v) is 4.68. The molecule has 2 fully saturated rings. The predicted molar refractivity (Wildman–Crippen MR) is 168 cm³/mol. The van der Waals surface area contributed by atoms with Gasteiger partial charge in [-0.15, -0.1) is 0 Å². The molecule has 0 radical (unpaired) electrons. The zero-order valence-corrected chi connectivity index (χ0v) is 26.4. The second-order valence-electron chi connectivity index (χ2n) is 11.2. The summed E-state index contributed by atoms with van der Waals surface area (Å²) in [7, 11) is 0. The van der Waals surface area contributed by atoms with Crippen molar-refractivity contribution in [3.63, 3.8) is 0 Å². The number of hydrogen-bond acceptors (Lipinski definition) is 10. The van der Waals surface area contributed by atoms with Crippen LogP contribution in [-0.4, -0.2) is 65.0 Å². The van der Waals surface area contributed by atoms with E-state index in [0.29, 0.717) is 54.8 Å². The van der Waals surface area contributed by atoms with Crippen molar-refractivity contribution in [3.05, 3.63) is 101 Å². The average Bonchev–Trinajstić information content (AvgIpc) is 4.01. The van der Waals surface area contributed by atoms with Crippen LogP contribution in [0.15, 0.2) is 72.8 Å². The van der Waals surface area contributed by atoms with Crippen molar-refractivity contribution in [2.75, 3.05) is 46.8 Å². The number of carbonyl (C=O) groups excluding carboxylic acids is 1. The van der Waals surface area contributed by atoms with Crippen LogP contribution in [0.2, 0.25) is 0 Å². The van der Waals surface area contributed by atoms with Crippen molar-refractivity contribution in [2.24, 2.45) is 0 Å². The van der Waals surface area contributed by atoms with Crippen LogP contribution in [0.5, 0.6) is 28.7 Å². The van der Waals surface area contributed by atoms with Crippen molar-refractivity contribution in [2.45, 2.75) is 26.1 Å². The first kappa shape index (κ1) is 33.2. The zero-order valence-electron chi connectivity index (χ0n) is 26.4. The molecule has 252 valence electrons. The van der Waals surface area contributed by atoms with Gasteiger partial charge in [0.2, 0.25) is 6.79 Å². The number of rotatable bonds is 17. The van der Waals surface area contributed by atoms with E-state index >= 15 is 0 Å². The third-order valence-electron chi connectivity index (χ3n) is 7.38. The van der Waals surface area contributed by atoms with Crippen LogP contribution in [0.4, 0.5) is 8.78 Å². The first-order valence-corrected chi connectivity index (χ1v) is 15.3. The fraction of sp³-hybridized carbons (Fsp3) is 0.306. The number of halogens is 2. The molecule has 6 rings (SSSR count). The summed E-state index contributed by atoms with van der Waals surface area (Å²) in [4.78, 5) is 12.9. The van der Waals surface area contributed by atoms with Crippen LogP contribution in [-0.2, 0) is 18.9 Å². The van der Waals surface area contributed by atoms with E-state index < -0.39 is 17.6 Å². The molecule has 2 atom stereocenters. The van der Waals surface area contributed by atoms with E-state index in [-0.39, 0.29) is 49.6 Å². The Morgan fingerprint density at radius 2 is 1.21 bits per heavy atom. The Kier molecular flexibility index (Phi) is 10.7. The van der Waals surface area contributed by atoms with Gasteiger partial charge in [0.15, 0.2) is 25.2 Å². The zero-order chi connectivity index (χ0) is 33.5. The predicted octanol–water partition coefficient (Wildman–Crippen LogP) is 6.39. The van der Waals surface area contributed by atoms with Crippen molar-refractivity contribution < 1.29 is 56.2 Å². The Hall–Kier alpha value is -4.75. The molecular weight excluding hydrogens is 630 g/mol. The number of aryl methyl sites for hydroxylation is 2. The van der Waals surface area contributed by atoms with E-state index in [0.717, 1.165) is 17.2 Å². The van der Waals surface area contributed by atoms with E-state index in [2.05, 4.69) is 0 Å². The highest BCUT2D eigenvalue weighted by molar-refractivity contribution is 5.92. The molecule has 2 heterocycles. The summed E-state index contributed by atoms with van der Waals surface area (Å²) >= 11 is 0. The second-order valence-corrected chi connectivity index (χ2v) is 11.2. The minimum Gasteiger partial charge on any atom is -0.467 e. The molecule has 12 heteroatoms. The molecule has 2 aliphatic rings. The van der Waals surface area contributed by atoms with Gasteiger partial charge >= 0.3 is 5.97 Å². The Morgan fingerprint density at radius 3 is 1.77 bits per heavy atom. The maximum absolute atomic E-state index is 14.7. The molecule has 2 saturated heterocycles. The number of esters is 1. The number of epoxide rings is 2. The van der Waals surface area contributed by atoms with Crippen LogP contribution < -0.4 is 23.7 Å². The van der Waals surface area contributed by atoms with Gasteiger partial charge in [0.25, 0.3) is 0 Å². The molecule has 2 aliphatic heterocycles. The molecule has 0 aromatic heterocycles. The van der Waals surface area contributed by atoms with E-state index in [4.69, 9.17) is 42.6 Å². The number of carbonyl (C=O) groups is 1. The van der Waals surface area contributed by atoms with Gasteiger partial charge in [-0.2, -0.15) is 0 Å². The fourth-order valence-electron chi connectivity index (χ4n) is 4.68. The van der Waals surface area contributed by atoms with E-state index in [1.807, 2.05) is 38.1 Å². The standard InChI is InChI=1S/C36H34F2O10/c1-22-11-25(12-23(2)35(22)48-36(39)31-9-7-27(13-32(31)37)44-19-40-15-29-17-42-29)24-3-5-26(6-4-24)46-21-47-34-10-8-28(14-33(34)38)45-20-41-16-30-18-43-30/h3-14,29-30H,15-21H2,1-2H3. The molecule has 0 N–H and O–H groups in total. The van der Waals surface area contributed by atoms with Crippen molar-refractivity contribution in [1.82, 2.24) is 0 Å². The Bertz CT molecular complexity index is 1700. The highest BCUT2D eigenvalue weighted by Gasteiger charge is 2.23. The molecule has 2 unspecified atom stereocenters. The van der Waals surface area contributed by atoms with Crippen molar-refractivity contribution >= 4 is 5.97 Å². The van der Waals surface area contributed by atoms with E-state index in [1.165, 1.54) is 24.3 Å². The third-order valence-corrected chi connectivity index (χ3v) is 7.38. The molecule has 4 aromatic rings. The number of ether oxygens (including phenoxy) is 9. The molecule has 4 aromatic carbocycles. The van der Waals surface area contributed by atoms with Crippen LogP contribution in [0, 0.1) is 25.5 Å². The molecule has 0 saturated carbocycles. The first-order chi connectivity index (χ1) is 23.3. The number of benzene rings is 4. The van der Waals surface area contributed by atoms with Crippen LogP contribution in [0.1, 0.15) is 21.5 Å². The molecule has 0 amide bonds. The number of hydrogen-bond donors (Lipinski definition) is 0. The van der Waals surface area contributed by atoms with Gasteiger partial charge in [-0.3, -0.25) is 0 Å².